The first-order valence-corrected chi connectivity index (χ1v) is 9.12. The Kier molecular flexibility index (Phi) is 4.90. The fourth-order valence-electron chi connectivity index (χ4n) is 3.28. The van der Waals surface area contributed by atoms with Gasteiger partial charge in [0, 0.05) is 11.3 Å². The van der Waals surface area contributed by atoms with Gasteiger partial charge in [-0.3, -0.25) is 0 Å². The molecule has 0 radical (unpaired) electrons. The van der Waals surface area contributed by atoms with Gasteiger partial charge in [-0.05, 0) is 54.7 Å². The largest absolute Gasteiger partial charge is 0.454 e. The molecule has 0 aromatic heterocycles. The van der Waals surface area contributed by atoms with Crippen LogP contribution in [0.1, 0.15) is 5.56 Å². The predicted molar refractivity (Wildman–Crippen MR) is 101 cm³/mol. The maximum absolute atomic E-state index is 13.0. The smallest absolute Gasteiger partial charge is 0.231 e. The molecule has 2 aromatic carbocycles. The van der Waals surface area contributed by atoms with Gasteiger partial charge in [0.25, 0.3) is 0 Å². The van der Waals surface area contributed by atoms with Crippen molar-refractivity contribution in [3.63, 3.8) is 0 Å². The number of ether oxygens (including phenoxy) is 2. The second-order valence-corrected chi connectivity index (χ2v) is 6.93. The Labute approximate surface area is 157 Å². The normalized spacial score (nSPS) is 16.6. The average molecular weight is 374 g/mol. The van der Waals surface area contributed by atoms with E-state index in [0.717, 1.165) is 49.9 Å². The molecule has 0 saturated carbocycles. The number of nitrogens with zero attached hydrogens (tertiary/aromatic N) is 1. The number of anilines is 1. The summed E-state index contributed by atoms with van der Waals surface area (Å²) >= 11 is 5.49. The molecule has 2 aliphatic rings. The van der Waals surface area contributed by atoms with Crippen molar-refractivity contribution in [1.82, 2.24) is 4.90 Å². The number of benzene rings is 2. The van der Waals surface area contributed by atoms with Crippen molar-refractivity contribution >= 4 is 23.0 Å². The third kappa shape index (κ3) is 3.89. The van der Waals surface area contributed by atoms with Gasteiger partial charge in [-0.2, -0.15) is 0 Å². The molecule has 2 aromatic rings. The lowest BCUT2D eigenvalue weighted by Crippen LogP contribution is -3.13. The molecule has 2 aliphatic heterocycles. The molecule has 4 rings (SSSR count). The quantitative estimate of drug-likeness (QED) is 0.800. The minimum absolute atomic E-state index is 0.248. The zero-order valence-electron chi connectivity index (χ0n) is 14.3. The van der Waals surface area contributed by atoms with Crippen molar-refractivity contribution in [2.45, 2.75) is 6.54 Å². The van der Waals surface area contributed by atoms with E-state index in [1.807, 2.05) is 6.07 Å². The molecule has 0 amide bonds. The number of hydrogen-bond donors (Lipinski definition) is 2. The molecule has 0 bridgehead atoms. The maximum atomic E-state index is 13.0. The van der Waals surface area contributed by atoms with E-state index in [4.69, 9.17) is 21.7 Å². The summed E-state index contributed by atoms with van der Waals surface area (Å²) in [5.41, 5.74) is 2.07. The third-order valence-electron chi connectivity index (χ3n) is 4.74. The lowest BCUT2D eigenvalue weighted by atomic mass is 10.1. The van der Waals surface area contributed by atoms with Crippen LogP contribution in [0, 0.1) is 5.82 Å². The number of halogens is 1. The summed E-state index contributed by atoms with van der Waals surface area (Å²) in [4.78, 5) is 3.69. The van der Waals surface area contributed by atoms with Crippen LogP contribution in [0.25, 0.3) is 0 Å². The Bertz CT molecular complexity index is 792. The van der Waals surface area contributed by atoms with Crippen LogP contribution in [0.5, 0.6) is 11.5 Å². The molecular weight excluding hydrogens is 353 g/mol. The van der Waals surface area contributed by atoms with Crippen molar-refractivity contribution < 1.29 is 18.8 Å². The van der Waals surface area contributed by atoms with Crippen molar-refractivity contribution in [2.75, 3.05) is 38.3 Å². The van der Waals surface area contributed by atoms with E-state index >= 15 is 0 Å². The van der Waals surface area contributed by atoms with Gasteiger partial charge < -0.3 is 24.6 Å². The second-order valence-electron chi connectivity index (χ2n) is 6.54. The van der Waals surface area contributed by atoms with Crippen LogP contribution in [0.2, 0.25) is 0 Å². The Balaban J connectivity index is 1.28. The fraction of sp³-hybridized carbons (Fsp3) is 0.316. The lowest BCUT2D eigenvalue weighted by molar-refractivity contribution is -0.917. The highest BCUT2D eigenvalue weighted by Crippen LogP contribution is 2.32. The molecule has 0 aliphatic carbocycles. The molecule has 0 atom stereocenters. The third-order valence-corrected chi connectivity index (χ3v) is 5.10. The Morgan fingerprint density at radius 2 is 1.81 bits per heavy atom. The minimum atomic E-state index is -0.248. The van der Waals surface area contributed by atoms with Gasteiger partial charge in [0.15, 0.2) is 16.6 Å². The second kappa shape index (κ2) is 7.47. The van der Waals surface area contributed by atoms with Crippen molar-refractivity contribution in [3.05, 3.63) is 53.8 Å². The highest BCUT2D eigenvalue weighted by Gasteiger charge is 2.23. The number of nitrogens with one attached hydrogen (secondary N) is 2. The lowest BCUT2D eigenvalue weighted by Gasteiger charge is -2.34. The molecule has 0 unspecified atom stereocenters. The van der Waals surface area contributed by atoms with Crippen molar-refractivity contribution in [1.29, 1.82) is 0 Å². The summed E-state index contributed by atoms with van der Waals surface area (Å²) < 4.78 is 23.8. The van der Waals surface area contributed by atoms with E-state index in [0.29, 0.717) is 11.9 Å². The first-order chi connectivity index (χ1) is 12.7. The molecule has 2 N–H and O–H groups in total. The average Bonchev–Trinajstić information content (AvgIpc) is 3.12. The van der Waals surface area contributed by atoms with Crippen molar-refractivity contribution in [2.24, 2.45) is 0 Å². The summed E-state index contributed by atoms with van der Waals surface area (Å²) in [5, 5.41) is 3.88. The van der Waals surface area contributed by atoms with Crippen LogP contribution in [0.4, 0.5) is 10.1 Å². The number of quaternary nitrogens is 1. The summed E-state index contributed by atoms with van der Waals surface area (Å²) in [6.07, 6.45) is 0. The molecule has 0 spiro atoms. The van der Waals surface area contributed by atoms with Crippen molar-refractivity contribution in [3.8, 4) is 11.5 Å². The summed E-state index contributed by atoms with van der Waals surface area (Å²) in [5.74, 6) is 1.41. The molecule has 5 nitrogen and oxygen atoms in total. The number of hydrogen-bond acceptors (Lipinski definition) is 3. The number of fused-ring (bicyclic) bond motifs is 1. The summed E-state index contributed by atoms with van der Waals surface area (Å²) in [6.45, 7) is 5.09. The standard InChI is InChI=1S/C19H20FN3O2S/c20-15-2-4-16(5-3-15)21-19(26)23-9-7-22(8-10-23)12-14-1-6-17-18(11-14)25-13-24-17/h1-6,11H,7-10,12-13H2,(H,21,26)/p+1. The first-order valence-electron chi connectivity index (χ1n) is 8.71. The summed E-state index contributed by atoms with van der Waals surface area (Å²) in [7, 11) is 0. The highest BCUT2D eigenvalue weighted by molar-refractivity contribution is 7.80. The molecular formula is C19H21FN3O2S+. The molecule has 1 fully saturated rings. The van der Waals surface area contributed by atoms with Gasteiger partial charge in [-0.15, -0.1) is 0 Å². The van der Waals surface area contributed by atoms with Crippen LogP contribution in [-0.4, -0.2) is 43.0 Å². The van der Waals surface area contributed by atoms with E-state index in [-0.39, 0.29) is 5.82 Å². The Hall–Kier alpha value is -2.38. The van der Waals surface area contributed by atoms with Crippen LogP contribution in [0.15, 0.2) is 42.5 Å². The van der Waals surface area contributed by atoms with Crippen LogP contribution >= 0.6 is 12.2 Å². The van der Waals surface area contributed by atoms with E-state index < -0.39 is 0 Å². The zero-order chi connectivity index (χ0) is 17.9. The number of piperazine rings is 1. The minimum Gasteiger partial charge on any atom is -0.454 e. The van der Waals surface area contributed by atoms with Gasteiger partial charge in [0.2, 0.25) is 6.79 Å². The van der Waals surface area contributed by atoms with Crippen LogP contribution < -0.4 is 19.7 Å². The van der Waals surface area contributed by atoms with E-state index in [1.165, 1.54) is 22.6 Å². The Morgan fingerprint density at radius 1 is 1.08 bits per heavy atom. The molecule has 26 heavy (non-hydrogen) atoms. The van der Waals surface area contributed by atoms with E-state index in [9.17, 15) is 4.39 Å². The fourth-order valence-corrected chi connectivity index (χ4v) is 3.58. The van der Waals surface area contributed by atoms with E-state index in [1.54, 1.807) is 12.1 Å². The zero-order valence-corrected chi connectivity index (χ0v) is 15.2. The first kappa shape index (κ1) is 17.1. The maximum Gasteiger partial charge on any atom is 0.231 e. The van der Waals surface area contributed by atoms with Gasteiger partial charge >= 0.3 is 0 Å². The molecule has 1 saturated heterocycles. The van der Waals surface area contributed by atoms with Gasteiger partial charge in [-0.1, -0.05) is 0 Å². The molecule has 7 heteroatoms. The van der Waals surface area contributed by atoms with E-state index in [2.05, 4.69) is 22.3 Å². The highest BCUT2D eigenvalue weighted by atomic mass is 32.1. The van der Waals surface area contributed by atoms with Gasteiger partial charge in [0.05, 0.1) is 26.2 Å². The van der Waals surface area contributed by atoms with Gasteiger partial charge in [-0.25, -0.2) is 4.39 Å². The van der Waals surface area contributed by atoms with Crippen LogP contribution in [0.3, 0.4) is 0 Å². The topological polar surface area (TPSA) is 38.2 Å². The van der Waals surface area contributed by atoms with Gasteiger partial charge in [0.1, 0.15) is 12.4 Å². The summed E-state index contributed by atoms with van der Waals surface area (Å²) in [6, 6.07) is 12.4. The SMILES string of the molecule is Fc1ccc(NC(=S)N2CC[NH+](Cc3ccc4c(c3)OCO4)CC2)cc1. The molecule has 136 valence electrons. The number of rotatable bonds is 3. The Morgan fingerprint density at radius 3 is 2.58 bits per heavy atom. The van der Waals surface area contributed by atoms with Crippen LogP contribution in [-0.2, 0) is 6.54 Å². The monoisotopic (exact) mass is 374 g/mol. The molecule has 2 heterocycles. The number of thiocarbonyl (C=S) groups is 1. The predicted octanol–water partition coefficient (Wildman–Crippen LogP) is 1.65.